The Hall–Kier alpha value is -1.02. The number of amides is 1. The highest BCUT2D eigenvalue weighted by molar-refractivity contribution is 14.1. The predicted octanol–water partition coefficient (Wildman–Crippen LogP) is 4.25. The molecule has 20 heavy (non-hydrogen) atoms. The number of carbonyl (C=O) groups is 1. The highest BCUT2D eigenvalue weighted by Crippen LogP contribution is 2.20. The first-order valence-electron chi connectivity index (χ1n) is 5.91. The molecular formula is C14H11BrFIN2O. The Balaban J connectivity index is 2.36. The summed E-state index contributed by atoms with van der Waals surface area (Å²) in [6.07, 6.45) is 1.64. The molecule has 1 amide bonds. The first-order chi connectivity index (χ1) is 9.52. The van der Waals surface area contributed by atoms with E-state index in [2.05, 4.69) is 20.9 Å². The molecule has 104 valence electrons. The number of rotatable bonds is 3. The SMILES string of the molecule is CCN(C(=O)c1ccc(F)cc1I)c1ccc(Br)cn1. The molecule has 0 atom stereocenters. The monoisotopic (exact) mass is 448 g/mol. The van der Waals surface area contributed by atoms with Crippen molar-refractivity contribution in [2.75, 3.05) is 11.4 Å². The lowest BCUT2D eigenvalue weighted by Crippen LogP contribution is -2.31. The Morgan fingerprint density at radius 2 is 2.15 bits per heavy atom. The molecule has 0 N–H and O–H groups in total. The van der Waals surface area contributed by atoms with Crippen LogP contribution in [0.15, 0.2) is 41.0 Å². The Labute approximate surface area is 138 Å². The van der Waals surface area contributed by atoms with Crippen LogP contribution in [0, 0.1) is 9.39 Å². The third-order valence-electron chi connectivity index (χ3n) is 2.71. The van der Waals surface area contributed by atoms with Gasteiger partial charge in [-0.05, 0) is 75.8 Å². The molecule has 0 bridgehead atoms. The van der Waals surface area contributed by atoms with Crippen molar-refractivity contribution in [2.24, 2.45) is 0 Å². The fraction of sp³-hybridized carbons (Fsp3) is 0.143. The lowest BCUT2D eigenvalue weighted by molar-refractivity contribution is 0.0986. The lowest BCUT2D eigenvalue weighted by atomic mass is 10.2. The third kappa shape index (κ3) is 3.35. The van der Waals surface area contributed by atoms with Gasteiger partial charge in [0, 0.05) is 20.8 Å². The van der Waals surface area contributed by atoms with Crippen LogP contribution in [0.5, 0.6) is 0 Å². The van der Waals surface area contributed by atoms with Crippen LogP contribution in [-0.4, -0.2) is 17.4 Å². The summed E-state index contributed by atoms with van der Waals surface area (Å²) in [5.74, 6) is 0.0308. The maximum atomic E-state index is 13.1. The van der Waals surface area contributed by atoms with Gasteiger partial charge in [0.05, 0.1) is 5.56 Å². The highest BCUT2D eigenvalue weighted by Gasteiger charge is 2.19. The van der Waals surface area contributed by atoms with Gasteiger partial charge in [0.2, 0.25) is 0 Å². The van der Waals surface area contributed by atoms with Crippen molar-refractivity contribution in [1.29, 1.82) is 0 Å². The normalized spacial score (nSPS) is 10.4. The van der Waals surface area contributed by atoms with E-state index in [9.17, 15) is 9.18 Å². The van der Waals surface area contributed by atoms with E-state index in [0.717, 1.165) is 4.47 Å². The smallest absolute Gasteiger partial charge is 0.260 e. The summed E-state index contributed by atoms with van der Waals surface area (Å²) in [6, 6.07) is 7.73. The summed E-state index contributed by atoms with van der Waals surface area (Å²) < 4.78 is 14.5. The van der Waals surface area contributed by atoms with E-state index in [0.29, 0.717) is 21.5 Å². The predicted molar refractivity (Wildman–Crippen MR) is 88.4 cm³/mol. The number of aromatic nitrogens is 1. The average molecular weight is 449 g/mol. The van der Waals surface area contributed by atoms with Crippen molar-refractivity contribution in [3.05, 3.63) is 56.0 Å². The third-order valence-corrected chi connectivity index (χ3v) is 4.07. The molecule has 0 saturated carbocycles. The van der Waals surface area contributed by atoms with Gasteiger partial charge in [-0.25, -0.2) is 9.37 Å². The Bertz CT molecular complexity index is 634. The van der Waals surface area contributed by atoms with Gasteiger partial charge in [-0.1, -0.05) is 0 Å². The fourth-order valence-corrected chi connectivity index (χ4v) is 2.69. The highest BCUT2D eigenvalue weighted by atomic mass is 127. The second-order valence-electron chi connectivity index (χ2n) is 4.01. The summed E-state index contributed by atoms with van der Waals surface area (Å²) >= 11 is 5.27. The zero-order valence-corrected chi connectivity index (χ0v) is 14.4. The number of benzene rings is 1. The second-order valence-corrected chi connectivity index (χ2v) is 6.09. The first-order valence-corrected chi connectivity index (χ1v) is 7.78. The molecule has 2 aromatic rings. The molecule has 0 spiro atoms. The number of halogens is 3. The minimum absolute atomic E-state index is 0.188. The van der Waals surface area contributed by atoms with E-state index >= 15 is 0 Å². The minimum atomic E-state index is -0.351. The number of pyridine rings is 1. The molecule has 1 heterocycles. The second kappa shape index (κ2) is 6.62. The van der Waals surface area contributed by atoms with Gasteiger partial charge in [0.25, 0.3) is 5.91 Å². The van der Waals surface area contributed by atoms with Crippen LogP contribution in [0.4, 0.5) is 10.2 Å². The molecule has 0 aliphatic rings. The zero-order valence-electron chi connectivity index (χ0n) is 10.6. The van der Waals surface area contributed by atoms with Crippen molar-refractivity contribution < 1.29 is 9.18 Å². The van der Waals surface area contributed by atoms with E-state index in [1.165, 1.54) is 18.2 Å². The van der Waals surface area contributed by atoms with E-state index in [1.807, 2.05) is 35.6 Å². The van der Waals surface area contributed by atoms with Crippen LogP contribution in [0.1, 0.15) is 17.3 Å². The van der Waals surface area contributed by atoms with Gasteiger partial charge in [-0.15, -0.1) is 0 Å². The quantitative estimate of drug-likeness (QED) is 0.657. The molecule has 0 fully saturated rings. The molecule has 2 rings (SSSR count). The number of anilines is 1. The van der Waals surface area contributed by atoms with Gasteiger partial charge in [-0.3, -0.25) is 9.69 Å². The number of hydrogen-bond acceptors (Lipinski definition) is 2. The molecular weight excluding hydrogens is 438 g/mol. The zero-order chi connectivity index (χ0) is 14.7. The fourth-order valence-electron chi connectivity index (χ4n) is 1.75. The van der Waals surface area contributed by atoms with E-state index < -0.39 is 0 Å². The summed E-state index contributed by atoms with van der Waals surface area (Å²) in [5.41, 5.74) is 0.471. The standard InChI is InChI=1S/C14H11BrFIN2O/c1-2-19(13-6-3-9(15)8-18-13)14(20)11-5-4-10(16)7-12(11)17/h3-8H,2H2,1H3. The van der Waals surface area contributed by atoms with Crippen LogP contribution < -0.4 is 4.90 Å². The van der Waals surface area contributed by atoms with Crippen molar-refractivity contribution in [2.45, 2.75) is 6.92 Å². The summed E-state index contributed by atoms with van der Waals surface area (Å²) in [6.45, 7) is 2.36. The number of carbonyl (C=O) groups excluding carboxylic acids is 1. The molecule has 3 nitrogen and oxygen atoms in total. The Morgan fingerprint density at radius 3 is 2.70 bits per heavy atom. The Kier molecular flexibility index (Phi) is 5.09. The van der Waals surface area contributed by atoms with Gasteiger partial charge in [0.1, 0.15) is 11.6 Å². The molecule has 0 unspecified atom stereocenters. The van der Waals surface area contributed by atoms with E-state index in [1.54, 1.807) is 17.2 Å². The van der Waals surface area contributed by atoms with Gasteiger partial charge >= 0.3 is 0 Å². The molecule has 0 saturated heterocycles. The largest absolute Gasteiger partial charge is 0.293 e. The van der Waals surface area contributed by atoms with Crippen LogP contribution in [0.25, 0.3) is 0 Å². The van der Waals surface area contributed by atoms with E-state index in [4.69, 9.17) is 0 Å². The van der Waals surface area contributed by atoms with Crippen LogP contribution in [0.2, 0.25) is 0 Å². The molecule has 0 aliphatic carbocycles. The van der Waals surface area contributed by atoms with Crippen LogP contribution >= 0.6 is 38.5 Å². The van der Waals surface area contributed by atoms with Crippen molar-refractivity contribution in [1.82, 2.24) is 4.98 Å². The topological polar surface area (TPSA) is 33.2 Å². The van der Waals surface area contributed by atoms with E-state index in [-0.39, 0.29) is 11.7 Å². The number of hydrogen-bond donors (Lipinski definition) is 0. The minimum Gasteiger partial charge on any atom is -0.293 e. The molecule has 1 aromatic carbocycles. The van der Waals surface area contributed by atoms with Crippen LogP contribution in [-0.2, 0) is 0 Å². The average Bonchev–Trinajstić information content (AvgIpc) is 2.41. The van der Waals surface area contributed by atoms with Crippen molar-refractivity contribution in [3.8, 4) is 0 Å². The van der Waals surface area contributed by atoms with Gasteiger partial charge < -0.3 is 0 Å². The molecule has 6 heteroatoms. The van der Waals surface area contributed by atoms with Crippen molar-refractivity contribution in [3.63, 3.8) is 0 Å². The molecule has 0 aliphatic heterocycles. The summed E-state index contributed by atoms with van der Waals surface area (Å²) in [5, 5.41) is 0. The Morgan fingerprint density at radius 1 is 1.40 bits per heavy atom. The summed E-state index contributed by atoms with van der Waals surface area (Å²) in [4.78, 5) is 18.3. The van der Waals surface area contributed by atoms with Crippen LogP contribution in [0.3, 0.4) is 0 Å². The maximum absolute atomic E-state index is 13.1. The molecule has 0 radical (unpaired) electrons. The summed E-state index contributed by atoms with van der Waals surface area (Å²) in [7, 11) is 0. The molecule has 1 aromatic heterocycles. The van der Waals surface area contributed by atoms with Crippen molar-refractivity contribution >= 4 is 50.2 Å². The maximum Gasteiger partial charge on any atom is 0.260 e. The first kappa shape index (κ1) is 15.4. The van der Waals surface area contributed by atoms with Gasteiger partial charge in [-0.2, -0.15) is 0 Å². The van der Waals surface area contributed by atoms with Gasteiger partial charge in [0.15, 0.2) is 0 Å². The lowest BCUT2D eigenvalue weighted by Gasteiger charge is -2.20. The number of nitrogens with zero attached hydrogens (tertiary/aromatic N) is 2.